The monoisotopic (exact) mass is 402 g/mol. The first-order valence-electron chi connectivity index (χ1n) is 8.50. The van der Waals surface area contributed by atoms with E-state index in [0.717, 1.165) is 10.5 Å². The van der Waals surface area contributed by atoms with Gasteiger partial charge in [0.2, 0.25) is 5.91 Å². The SMILES string of the molecule is COc1ccccc1CC1(C)NC(=O)N(CC(=O)Nc2cccnc2Cl)C1=O. The summed E-state index contributed by atoms with van der Waals surface area (Å²) in [5, 5.41) is 5.34. The van der Waals surface area contributed by atoms with Crippen LogP contribution in [0.1, 0.15) is 12.5 Å². The summed E-state index contributed by atoms with van der Waals surface area (Å²) in [7, 11) is 1.54. The van der Waals surface area contributed by atoms with Crippen LogP contribution in [0.2, 0.25) is 5.15 Å². The molecule has 8 nitrogen and oxygen atoms in total. The summed E-state index contributed by atoms with van der Waals surface area (Å²) in [6.45, 7) is 1.19. The van der Waals surface area contributed by atoms with Crippen molar-refractivity contribution in [2.24, 2.45) is 0 Å². The summed E-state index contributed by atoms with van der Waals surface area (Å²) in [6.07, 6.45) is 1.72. The number of methoxy groups -OCH3 is 1. The molecule has 1 unspecified atom stereocenters. The van der Waals surface area contributed by atoms with Crippen LogP contribution in [0, 0.1) is 0 Å². The first-order valence-corrected chi connectivity index (χ1v) is 8.88. The number of rotatable bonds is 6. The molecule has 0 saturated carbocycles. The fourth-order valence-electron chi connectivity index (χ4n) is 3.05. The van der Waals surface area contributed by atoms with E-state index in [1.807, 2.05) is 18.2 Å². The number of amides is 4. The van der Waals surface area contributed by atoms with Crippen molar-refractivity contribution in [3.05, 3.63) is 53.3 Å². The molecule has 28 heavy (non-hydrogen) atoms. The second kappa shape index (κ2) is 7.85. The summed E-state index contributed by atoms with van der Waals surface area (Å²) >= 11 is 5.91. The molecule has 2 aromatic rings. The molecular weight excluding hydrogens is 384 g/mol. The summed E-state index contributed by atoms with van der Waals surface area (Å²) < 4.78 is 5.31. The van der Waals surface area contributed by atoms with E-state index in [-0.39, 0.29) is 11.6 Å². The average Bonchev–Trinajstić information content (AvgIpc) is 2.87. The molecule has 0 aliphatic carbocycles. The predicted molar refractivity (Wildman–Crippen MR) is 103 cm³/mol. The Labute approximate surface area is 166 Å². The maximum atomic E-state index is 12.9. The second-order valence-corrected chi connectivity index (χ2v) is 6.89. The number of hydrogen-bond donors (Lipinski definition) is 2. The number of benzene rings is 1. The van der Waals surface area contributed by atoms with Crippen molar-refractivity contribution in [2.45, 2.75) is 18.9 Å². The van der Waals surface area contributed by atoms with Gasteiger partial charge in [0.15, 0.2) is 5.15 Å². The van der Waals surface area contributed by atoms with E-state index in [9.17, 15) is 14.4 Å². The van der Waals surface area contributed by atoms with Crippen LogP contribution in [0.5, 0.6) is 5.75 Å². The molecule has 1 fully saturated rings. The molecule has 146 valence electrons. The fraction of sp³-hybridized carbons (Fsp3) is 0.263. The molecule has 1 atom stereocenters. The van der Waals surface area contributed by atoms with Gasteiger partial charge in [0.1, 0.15) is 17.8 Å². The van der Waals surface area contributed by atoms with Crippen LogP contribution in [-0.4, -0.2) is 46.9 Å². The highest BCUT2D eigenvalue weighted by Crippen LogP contribution is 2.27. The number of carbonyl (C=O) groups excluding carboxylic acids is 3. The standard InChI is InChI=1S/C19H19ClN4O4/c1-19(10-12-6-3-4-8-14(12)28-2)17(26)24(18(27)23-19)11-15(25)22-13-7-5-9-21-16(13)20/h3-9H,10-11H2,1-2H3,(H,22,25)(H,23,27). The van der Waals surface area contributed by atoms with E-state index in [0.29, 0.717) is 11.4 Å². The number of carbonyl (C=O) groups is 3. The summed E-state index contributed by atoms with van der Waals surface area (Å²) in [4.78, 5) is 42.3. The molecule has 3 rings (SSSR count). The lowest BCUT2D eigenvalue weighted by atomic mass is 9.92. The highest BCUT2D eigenvalue weighted by Gasteiger charge is 2.48. The van der Waals surface area contributed by atoms with Crippen LogP contribution in [0.25, 0.3) is 0 Å². The minimum absolute atomic E-state index is 0.120. The van der Waals surface area contributed by atoms with Crippen molar-refractivity contribution in [3.63, 3.8) is 0 Å². The quantitative estimate of drug-likeness (QED) is 0.570. The summed E-state index contributed by atoms with van der Waals surface area (Å²) in [5.41, 5.74) is -0.106. The molecule has 2 N–H and O–H groups in total. The Morgan fingerprint density at radius 1 is 1.29 bits per heavy atom. The molecule has 2 heterocycles. The van der Waals surface area contributed by atoms with Crippen LogP contribution in [-0.2, 0) is 16.0 Å². The van der Waals surface area contributed by atoms with E-state index in [1.54, 1.807) is 25.1 Å². The molecule has 1 aliphatic heterocycles. The average molecular weight is 403 g/mol. The van der Waals surface area contributed by atoms with Crippen LogP contribution in [0.3, 0.4) is 0 Å². The number of hydrogen-bond acceptors (Lipinski definition) is 5. The number of halogens is 1. The highest BCUT2D eigenvalue weighted by atomic mass is 35.5. The third kappa shape index (κ3) is 3.91. The van der Waals surface area contributed by atoms with Gasteiger partial charge >= 0.3 is 6.03 Å². The molecule has 1 aliphatic rings. The summed E-state index contributed by atoms with van der Waals surface area (Å²) in [5.74, 6) is -0.427. The Kier molecular flexibility index (Phi) is 5.51. The number of aromatic nitrogens is 1. The molecule has 0 bridgehead atoms. The van der Waals surface area contributed by atoms with E-state index in [1.165, 1.54) is 13.3 Å². The Balaban J connectivity index is 1.72. The third-order valence-corrected chi connectivity index (χ3v) is 4.72. The van der Waals surface area contributed by atoms with Gasteiger partial charge in [0.05, 0.1) is 12.8 Å². The van der Waals surface area contributed by atoms with E-state index < -0.39 is 29.9 Å². The van der Waals surface area contributed by atoms with Gasteiger partial charge < -0.3 is 15.4 Å². The molecule has 1 aromatic carbocycles. The number of urea groups is 1. The first-order chi connectivity index (χ1) is 13.3. The van der Waals surface area contributed by atoms with Crippen LogP contribution >= 0.6 is 11.6 Å². The maximum absolute atomic E-state index is 12.9. The number of imide groups is 1. The summed E-state index contributed by atoms with van der Waals surface area (Å²) in [6, 6.07) is 9.80. The Bertz CT molecular complexity index is 936. The molecule has 9 heteroatoms. The van der Waals surface area contributed by atoms with E-state index in [4.69, 9.17) is 16.3 Å². The number of para-hydroxylation sites is 1. The normalized spacial score (nSPS) is 18.8. The number of anilines is 1. The first kappa shape index (κ1) is 19.6. The minimum Gasteiger partial charge on any atom is -0.496 e. The number of ether oxygens (including phenoxy) is 1. The van der Waals surface area contributed by atoms with Gasteiger partial charge in [-0.3, -0.25) is 14.5 Å². The Hall–Kier alpha value is -3.13. The van der Waals surface area contributed by atoms with Crippen molar-refractivity contribution in [2.75, 3.05) is 19.0 Å². The highest BCUT2D eigenvalue weighted by molar-refractivity contribution is 6.32. The Morgan fingerprint density at radius 2 is 2.04 bits per heavy atom. The number of pyridine rings is 1. The molecule has 1 aromatic heterocycles. The van der Waals surface area contributed by atoms with Crippen LogP contribution in [0.4, 0.5) is 10.5 Å². The molecule has 0 spiro atoms. The van der Waals surface area contributed by atoms with Crippen LogP contribution < -0.4 is 15.4 Å². The lowest BCUT2D eigenvalue weighted by Gasteiger charge is -2.22. The van der Waals surface area contributed by atoms with E-state index in [2.05, 4.69) is 15.6 Å². The largest absolute Gasteiger partial charge is 0.496 e. The van der Waals surface area contributed by atoms with Crippen LogP contribution in [0.15, 0.2) is 42.6 Å². The van der Waals surface area contributed by atoms with Crippen molar-refractivity contribution in [3.8, 4) is 5.75 Å². The Morgan fingerprint density at radius 3 is 2.75 bits per heavy atom. The minimum atomic E-state index is -1.18. The van der Waals surface area contributed by atoms with Gasteiger partial charge in [-0.25, -0.2) is 9.78 Å². The third-order valence-electron chi connectivity index (χ3n) is 4.42. The van der Waals surface area contributed by atoms with Crippen molar-refractivity contribution < 1.29 is 19.1 Å². The smallest absolute Gasteiger partial charge is 0.325 e. The van der Waals surface area contributed by atoms with Gasteiger partial charge in [-0.1, -0.05) is 29.8 Å². The van der Waals surface area contributed by atoms with Gasteiger partial charge in [0.25, 0.3) is 5.91 Å². The maximum Gasteiger partial charge on any atom is 0.325 e. The predicted octanol–water partition coefficient (Wildman–Crippen LogP) is 2.24. The van der Waals surface area contributed by atoms with Crippen molar-refractivity contribution >= 4 is 35.1 Å². The van der Waals surface area contributed by atoms with Gasteiger partial charge in [0, 0.05) is 12.6 Å². The topological polar surface area (TPSA) is 101 Å². The van der Waals surface area contributed by atoms with E-state index >= 15 is 0 Å². The number of nitrogens with one attached hydrogen (secondary N) is 2. The lowest BCUT2D eigenvalue weighted by molar-refractivity contribution is -0.133. The molecular formula is C19H19ClN4O4. The zero-order chi connectivity index (χ0) is 20.3. The zero-order valence-electron chi connectivity index (χ0n) is 15.4. The van der Waals surface area contributed by atoms with Gasteiger partial charge in [-0.05, 0) is 30.7 Å². The molecule has 1 saturated heterocycles. The van der Waals surface area contributed by atoms with Gasteiger partial charge in [-0.2, -0.15) is 0 Å². The lowest BCUT2D eigenvalue weighted by Crippen LogP contribution is -2.46. The van der Waals surface area contributed by atoms with Crippen molar-refractivity contribution in [1.29, 1.82) is 0 Å². The van der Waals surface area contributed by atoms with Gasteiger partial charge in [-0.15, -0.1) is 0 Å². The molecule has 4 amide bonds. The molecule has 0 radical (unpaired) electrons. The van der Waals surface area contributed by atoms with Crippen molar-refractivity contribution in [1.82, 2.24) is 15.2 Å². The fourth-order valence-corrected chi connectivity index (χ4v) is 3.22. The number of nitrogens with zero attached hydrogens (tertiary/aromatic N) is 2. The zero-order valence-corrected chi connectivity index (χ0v) is 16.1. The second-order valence-electron chi connectivity index (χ2n) is 6.53.